The largest absolute Gasteiger partial charge is 0.355 e. The van der Waals surface area contributed by atoms with Gasteiger partial charge in [0.05, 0.1) is 11.4 Å². The minimum Gasteiger partial charge on any atom is -0.355 e. The van der Waals surface area contributed by atoms with Gasteiger partial charge in [-0.3, -0.25) is 4.79 Å². The quantitative estimate of drug-likeness (QED) is 0.696. The van der Waals surface area contributed by atoms with E-state index in [1.165, 1.54) is 18.4 Å². The van der Waals surface area contributed by atoms with Gasteiger partial charge < -0.3 is 5.32 Å². The van der Waals surface area contributed by atoms with E-state index in [2.05, 4.69) is 30.0 Å². The molecule has 1 amide bonds. The van der Waals surface area contributed by atoms with Gasteiger partial charge in [-0.25, -0.2) is 13.1 Å². The Morgan fingerprint density at radius 1 is 1.16 bits per heavy atom. The number of benzene rings is 1. The van der Waals surface area contributed by atoms with Crippen molar-refractivity contribution in [2.75, 3.05) is 13.1 Å². The van der Waals surface area contributed by atoms with Gasteiger partial charge in [0, 0.05) is 6.54 Å². The van der Waals surface area contributed by atoms with Gasteiger partial charge in [0.15, 0.2) is 0 Å². The molecule has 0 atom stereocenters. The van der Waals surface area contributed by atoms with Crippen molar-refractivity contribution >= 4 is 15.9 Å². The molecule has 0 fully saturated rings. The van der Waals surface area contributed by atoms with Crippen LogP contribution < -0.4 is 10.0 Å². The van der Waals surface area contributed by atoms with Crippen molar-refractivity contribution in [1.82, 2.24) is 10.0 Å². The predicted octanol–water partition coefficient (Wildman–Crippen LogP) is 3.10. The van der Waals surface area contributed by atoms with Crippen molar-refractivity contribution in [2.45, 2.75) is 56.8 Å². The number of amides is 1. The van der Waals surface area contributed by atoms with E-state index in [0.29, 0.717) is 12.5 Å². The van der Waals surface area contributed by atoms with E-state index < -0.39 is 10.0 Å². The lowest BCUT2D eigenvalue weighted by molar-refractivity contribution is -0.119. The van der Waals surface area contributed by atoms with Gasteiger partial charge in [0.25, 0.3) is 0 Å². The molecule has 25 heavy (non-hydrogen) atoms. The Morgan fingerprint density at radius 2 is 1.88 bits per heavy atom. The molecule has 0 spiro atoms. The lowest BCUT2D eigenvalue weighted by atomic mass is 9.97. The molecule has 5 nitrogen and oxygen atoms in total. The van der Waals surface area contributed by atoms with E-state index in [1.807, 2.05) is 0 Å². The first kappa shape index (κ1) is 19.7. The third kappa shape index (κ3) is 6.29. The molecule has 6 heteroatoms. The molecule has 2 rings (SSSR count). The number of carbonyl (C=O) groups excluding carboxylic acids is 1. The Labute approximate surface area is 151 Å². The van der Waals surface area contributed by atoms with Crippen LogP contribution in [0, 0.1) is 0 Å². The zero-order valence-corrected chi connectivity index (χ0v) is 15.9. The van der Waals surface area contributed by atoms with Crippen molar-refractivity contribution in [3.05, 3.63) is 41.5 Å². The maximum Gasteiger partial charge on any atom is 0.241 e. The van der Waals surface area contributed by atoms with Gasteiger partial charge in [-0.2, -0.15) is 0 Å². The van der Waals surface area contributed by atoms with Crippen LogP contribution in [-0.2, 0) is 14.8 Å². The monoisotopic (exact) mass is 364 g/mol. The molecular weight excluding hydrogens is 336 g/mol. The molecule has 0 unspecified atom stereocenters. The number of carbonyl (C=O) groups is 1. The topological polar surface area (TPSA) is 75.3 Å². The molecule has 1 aliphatic carbocycles. The van der Waals surface area contributed by atoms with Crippen molar-refractivity contribution in [3.8, 4) is 0 Å². The highest BCUT2D eigenvalue weighted by Gasteiger charge is 2.15. The van der Waals surface area contributed by atoms with Crippen molar-refractivity contribution in [3.63, 3.8) is 0 Å². The van der Waals surface area contributed by atoms with Crippen LogP contribution >= 0.6 is 0 Å². The first-order valence-electron chi connectivity index (χ1n) is 8.93. The fraction of sp³-hybridized carbons (Fsp3) is 0.526. The van der Waals surface area contributed by atoms with Crippen LogP contribution in [0.4, 0.5) is 0 Å². The summed E-state index contributed by atoms with van der Waals surface area (Å²) in [6.07, 6.45) is 7.78. The molecule has 0 bridgehead atoms. The summed E-state index contributed by atoms with van der Waals surface area (Å²) in [6.45, 7) is 4.41. The highest BCUT2D eigenvalue weighted by atomic mass is 32.2. The fourth-order valence-electron chi connectivity index (χ4n) is 2.83. The second-order valence-electron chi connectivity index (χ2n) is 6.76. The third-order valence-corrected chi connectivity index (χ3v) is 5.85. The molecule has 0 aliphatic heterocycles. The van der Waals surface area contributed by atoms with E-state index in [1.54, 1.807) is 24.3 Å². The summed E-state index contributed by atoms with van der Waals surface area (Å²) in [5.74, 6) is 0.0357. The van der Waals surface area contributed by atoms with Crippen LogP contribution in [0.25, 0.3) is 0 Å². The zero-order chi connectivity index (χ0) is 18.3. The third-order valence-electron chi connectivity index (χ3n) is 4.43. The second-order valence-corrected chi connectivity index (χ2v) is 8.52. The van der Waals surface area contributed by atoms with Crippen LogP contribution in [0.2, 0.25) is 0 Å². The van der Waals surface area contributed by atoms with E-state index in [4.69, 9.17) is 0 Å². The molecule has 1 aliphatic rings. The average molecular weight is 365 g/mol. The van der Waals surface area contributed by atoms with Crippen LogP contribution in [0.3, 0.4) is 0 Å². The summed E-state index contributed by atoms with van der Waals surface area (Å²) in [7, 11) is -3.67. The second kappa shape index (κ2) is 9.15. The number of allylic oxidation sites excluding steroid dienone is 1. The van der Waals surface area contributed by atoms with E-state index in [0.717, 1.165) is 24.8 Å². The zero-order valence-electron chi connectivity index (χ0n) is 15.0. The van der Waals surface area contributed by atoms with Crippen LogP contribution in [0.5, 0.6) is 0 Å². The molecular formula is C19H28N2O3S. The fourth-order valence-corrected chi connectivity index (χ4v) is 3.81. The standard InChI is InChI=1S/C19H28N2O3S/c1-15(2)17-8-10-18(11-9-17)25(23,24)21-14-19(22)20-13-12-16-6-4-3-5-7-16/h6,8-11,15,21H,3-5,7,12-14H2,1-2H3,(H,20,22). The lowest BCUT2D eigenvalue weighted by Gasteiger charge is -2.13. The normalized spacial score (nSPS) is 15.1. The van der Waals surface area contributed by atoms with E-state index >= 15 is 0 Å². The minimum absolute atomic E-state index is 0.178. The van der Waals surface area contributed by atoms with E-state index in [-0.39, 0.29) is 17.3 Å². The lowest BCUT2D eigenvalue weighted by Crippen LogP contribution is -2.37. The number of sulfonamides is 1. The van der Waals surface area contributed by atoms with Gasteiger partial charge in [-0.1, -0.05) is 37.6 Å². The number of rotatable bonds is 8. The number of hydrogen-bond donors (Lipinski definition) is 2. The first-order chi connectivity index (χ1) is 11.9. The van der Waals surface area contributed by atoms with Crippen LogP contribution in [0.1, 0.15) is 57.4 Å². The molecule has 0 aromatic heterocycles. The smallest absolute Gasteiger partial charge is 0.241 e. The van der Waals surface area contributed by atoms with Crippen molar-refractivity contribution < 1.29 is 13.2 Å². The Kier molecular flexibility index (Phi) is 7.20. The summed E-state index contributed by atoms with van der Waals surface area (Å²) in [4.78, 5) is 12.0. The highest BCUT2D eigenvalue weighted by molar-refractivity contribution is 7.89. The average Bonchev–Trinajstić information content (AvgIpc) is 2.61. The minimum atomic E-state index is -3.67. The number of nitrogens with one attached hydrogen (secondary N) is 2. The summed E-state index contributed by atoms with van der Waals surface area (Å²) >= 11 is 0. The molecule has 0 saturated heterocycles. The van der Waals surface area contributed by atoms with Crippen molar-refractivity contribution in [2.24, 2.45) is 0 Å². The Balaban J connectivity index is 1.78. The molecule has 2 N–H and O–H groups in total. The highest BCUT2D eigenvalue weighted by Crippen LogP contribution is 2.19. The maximum absolute atomic E-state index is 12.2. The summed E-state index contributed by atoms with van der Waals surface area (Å²) in [5, 5.41) is 2.77. The van der Waals surface area contributed by atoms with Crippen LogP contribution in [0.15, 0.2) is 40.8 Å². The Hall–Kier alpha value is -1.66. The SMILES string of the molecule is CC(C)c1ccc(S(=O)(=O)NCC(=O)NCCC2=CCCCC2)cc1. The van der Waals surface area contributed by atoms with Gasteiger partial charge >= 0.3 is 0 Å². The maximum atomic E-state index is 12.2. The molecule has 1 aromatic rings. The predicted molar refractivity (Wildman–Crippen MR) is 99.9 cm³/mol. The van der Waals surface area contributed by atoms with Gasteiger partial charge in [-0.05, 0) is 55.7 Å². The molecule has 1 aromatic carbocycles. The van der Waals surface area contributed by atoms with Gasteiger partial charge in [0.1, 0.15) is 0 Å². The molecule has 0 radical (unpaired) electrons. The Bertz CT molecular complexity index is 707. The van der Waals surface area contributed by atoms with Gasteiger partial charge in [0.2, 0.25) is 15.9 Å². The molecule has 138 valence electrons. The van der Waals surface area contributed by atoms with Crippen molar-refractivity contribution in [1.29, 1.82) is 0 Å². The Morgan fingerprint density at radius 3 is 2.48 bits per heavy atom. The molecule has 0 heterocycles. The summed E-state index contributed by atoms with van der Waals surface area (Å²) in [6, 6.07) is 6.75. The molecule has 0 saturated carbocycles. The van der Waals surface area contributed by atoms with E-state index in [9.17, 15) is 13.2 Å². The van der Waals surface area contributed by atoms with Gasteiger partial charge in [-0.15, -0.1) is 0 Å². The first-order valence-corrected chi connectivity index (χ1v) is 10.4. The summed E-state index contributed by atoms with van der Waals surface area (Å²) in [5.41, 5.74) is 2.46. The summed E-state index contributed by atoms with van der Waals surface area (Å²) < 4.78 is 26.8. The number of hydrogen-bond acceptors (Lipinski definition) is 3. The van der Waals surface area contributed by atoms with Crippen LogP contribution in [-0.4, -0.2) is 27.4 Å².